The van der Waals surface area contributed by atoms with E-state index in [1.165, 1.54) is 12.8 Å². The smallest absolute Gasteiger partial charge is 0.220 e. The average molecular weight is 310 g/mol. The molecule has 2 aliphatic rings. The van der Waals surface area contributed by atoms with Gasteiger partial charge in [0.15, 0.2) is 0 Å². The summed E-state index contributed by atoms with van der Waals surface area (Å²) in [5.74, 6) is 1.12. The minimum Gasteiger partial charge on any atom is -0.376 e. The monoisotopic (exact) mass is 310 g/mol. The number of hydrogen-bond acceptors (Lipinski definition) is 3. The van der Waals surface area contributed by atoms with Gasteiger partial charge in [0.2, 0.25) is 11.8 Å². The third-order valence-electron chi connectivity index (χ3n) is 5.18. The molecular formula is C17H30N2O3. The highest BCUT2D eigenvalue weighted by Gasteiger charge is 2.28. The van der Waals surface area contributed by atoms with Crippen molar-refractivity contribution < 1.29 is 14.3 Å². The summed E-state index contributed by atoms with van der Waals surface area (Å²) in [6.45, 7) is 5.82. The van der Waals surface area contributed by atoms with Gasteiger partial charge in [-0.15, -0.1) is 0 Å². The Kier molecular flexibility index (Phi) is 6.68. The predicted octanol–water partition coefficient (Wildman–Crippen LogP) is 2.00. The maximum Gasteiger partial charge on any atom is 0.220 e. The maximum atomic E-state index is 12.0. The van der Waals surface area contributed by atoms with Crippen LogP contribution in [-0.2, 0) is 14.3 Å². The molecule has 2 amide bonds. The molecule has 2 N–H and O–H groups in total. The average Bonchev–Trinajstić information content (AvgIpc) is 3.01. The van der Waals surface area contributed by atoms with Crippen LogP contribution < -0.4 is 10.6 Å². The van der Waals surface area contributed by atoms with Gasteiger partial charge in [-0.05, 0) is 31.1 Å². The van der Waals surface area contributed by atoms with Crippen LogP contribution in [0.1, 0.15) is 58.8 Å². The molecule has 2 rings (SSSR count). The summed E-state index contributed by atoms with van der Waals surface area (Å²) < 4.78 is 5.46. The predicted molar refractivity (Wildman–Crippen MR) is 85.3 cm³/mol. The first kappa shape index (κ1) is 17.3. The van der Waals surface area contributed by atoms with Crippen molar-refractivity contribution in [3.63, 3.8) is 0 Å². The lowest BCUT2D eigenvalue weighted by atomic mass is 9.78. The van der Waals surface area contributed by atoms with E-state index in [0.717, 1.165) is 25.9 Å². The summed E-state index contributed by atoms with van der Waals surface area (Å²) in [4.78, 5) is 23.8. The first-order valence-electron chi connectivity index (χ1n) is 8.74. The normalized spacial score (nSPS) is 31.7. The van der Waals surface area contributed by atoms with E-state index in [4.69, 9.17) is 4.74 Å². The zero-order valence-corrected chi connectivity index (χ0v) is 13.9. The fraction of sp³-hybridized carbons (Fsp3) is 0.882. The van der Waals surface area contributed by atoms with Crippen LogP contribution >= 0.6 is 0 Å². The fourth-order valence-corrected chi connectivity index (χ4v) is 3.41. The molecule has 0 aromatic carbocycles. The van der Waals surface area contributed by atoms with Gasteiger partial charge in [0.1, 0.15) is 0 Å². The minimum absolute atomic E-state index is 0.00165. The second-order valence-electron chi connectivity index (χ2n) is 6.88. The zero-order valence-electron chi connectivity index (χ0n) is 13.9. The molecule has 4 atom stereocenters. The molecule has 1 aliphatic carbocycles. The van der Waals surface area contributed by atoms with Crippen LogP contribution in [0.3, 0.4) is 0 Å². The van der Waals surface area contributed by atoms with Crippen molar-refractivity contribution >= 4 is 11.8 Å². The molecule has 0 spiro atoms. The summed E-state index contributed by atoms with van der Waals surface area (Å²) in [5.41, 5.74) is 0. The lowest BCUT2D eigenvalue weighted by molar-refractivity contribution is -0.127. The Morgan fingerprint density at radius 3 is 2.55 bits per heavy atom. The van der Waals surface area contributed by atoms with Crippen LogP contribution in [0.5, 0.6) is 0 Å². The van der Waals surface area contributed by atoms with Crippen molar-refractivity contribution in [2.24, 2.45) is 11.8 Å². The number of amides is 2. The molecule has 1 saturated carbocycles. The summed E-state index contributed by atoms with van der Waals surface area (Å²) in [6, 6.07) is 0.270. The van der Waals surface area contributed by atoms with Crippen molar-refractivity contribution in [1.29, 1.82) is 0 Å². The topological polar surface area (TPSA) is 67.4 Å². The molecule has 1 heterocycles. The van der Waals surface area contributed by atoms with E-state index in [0.29, 0.717) is 18.4 Å². The van der Waals surface area contributed by atoms with Crippen LogP contribution in [0.4, 0.5) is 0 Å². The number of ether oxygens (including phenoxy) is 1. The molecule has 0 radical (unpaired) electrons. The van der Waals surface area contributed by atoms with E-state index >= 15 is 0 Å². The van der Waals surface area contributed by atoms with E-state index in [2.05, 4.69) is 24.5 Å². The summed E-state index contributed by atoms with van der Waals surface area (Å²) in [5, 5.41) is 5.96. The van der Waals surface area contributed by atoms with Crippen molar-refractivity contribution in [2.75, 3.05) is 13.2 Å². The van der Waals surface area contributed by atoms with E-state index in [-0.39, 0.29) is 36.8 Å². The molecule has 0 bridgehead atoms. The molecule has 2 fully saturated rings. The van der Waals surface area contributed by atoms with E-state index in [1.54, 1.807) is 0 Å². The van der Waals surface area contributed by atoms with Crippen molar-refractivity contribution in [2.45, 2.75) is 70.9 Å². The van der Waals surface area contributed by atoms with Crippen LogP contribution in [0.15, 0.2) is 0 Å². The van der Waals surface area contributed by atoms with E-state index in [1.807, 2.05) is 0 Å². The van der Waals surface area contributed by atoms with Gasteiger partial charge >= 0.3 is 0 Å². The van der Waals surface area contributed by atoms with Gasteiger partial charge in [0, 0.05) is 32.0 Å². The molecule has 1 aliphatic heterocycles. The lowest BCUT2D eigenvalue weighted by Crippen LogP contribution is -2.44. The van der Waals surface area contributed by atoms with Crippen LogP contribution in [-0.4, -0.2) is 37.1 Å². The maximum absolute atomic E-state index is 12.0. The Bertz CT molecular complexity index is 380. The van der Waals surface area contributed by atoms with Crippen LogP contribution in [0.25, 0.3) is 0 Å². The first-order chi connectivity index (χ1) is 10.6. The van der Waals surface area contributed by atoms with Crippen molar-refractivity contribution in [1.82, 2.24) is 10.6 Å². The number of carbonyl (C=O) groups excluding carboxylic acids is 2. The Morgan fingerprint density at radius 2 is 1.82 bits per heavy atom. The third-order valence-corrected chi connectivity index (χ3v) is 5.18. The van der Waals surface area contributed by atoms with E-state index in [9.17, 15) is 9.59 Å². The second-order valence-corrected chi connectivity index (χ2v) is 6.88. The highest BCUT2D eigenvalue weighted by molar-refractivity contribution is 5.83. The molecule has 126 valence electrons. The van der Waals surface area contributed by atoms with Crippen molar-refractivity contribution in [3.8, 4) is 0 Å². The number of carbonyl (C=O) groups is 2. The Labute approximate surface area is 133 Å². The van der Waals surface area contributed by atoms with Gasteiger partial charge in [0.05, 0.1) is 6.10 Å². The van der Waals surface area contributed by atoms with Gasteiger partial charge in [-0.3, -0.25) is 9.59 Å². The fourth-order valence-electron chi connectivity index (χ4n) is 3.41. The summed E-state index contributed by atoms with van der Waals surface area (Å²) in [7, 11) is 0. The molecule has 1 saturated heterocycles. The summed E-state index contributed by atoms with van der Waals surface area (Å²) >= 11 is 0. The number of nitrogens with one attached hydrogen (secondary N) is 2. The number of hydrogen-bond donors (Lipinski definition) is 2. The van der Waals surface area contributed by atoms with Crippen LogP contribution in [0.2, 0.25) is 0 Å². The van der Waals surface area contributed by atoms with Gasteiger partial charge in [-0.2, -0.15) is 0 Å². The zero-order chi connectivity index (χ0) is 15.9. The number of rotatable bonds is 6. The highest BCUT2D eigenvalue weighted by Crippen LogP contribution is 2.29. The Morgan fingerprint density at radius 1 is 1.05 bits per heavy atom. The molecule has 0 aromatic heterocycles. The third kappa shape index (κ3) is 5.27. The first-order valence-corrected chi connectivity index (χ1v) is 8.74. The van der Waals surface area contributed by atoms with Gasteiger partial charge in [-0.25, -0.2) is 0 Å². The molecule has 5 heteroatoms. The van der Waals surface area contributed by atoms with Crippen LogP contribution in [0, 0.1) is 11.8 Å². The molecular weight excluding hydrogens is 280 g/mol. The van der Waals surface area contributed by atoms with Gasteiger partial charge < -0.3 is 15.4 Å². The van der Waals surface area contributed by atoms with E-state index < -0.39 is 0 Å². The minimum atomic E-state index is -0.0595. The Balaban J connectivity index is 1.61. The lowest BCUT2D eigenvalue weighted by Gasteiger charge is -2.34. The van der Waals surface area contributed by atoms with Gasteiger partial charge in [-0.1, -0.05) is 26.7 Å². The standard InChI is InChI=1S/C17H30N2O3/c1-12-5-3-7-15(13(12)2)19-17(21)9-8-16(20)18-11-14-6-4-10-22-14/h12-15H,3-11H2,1-2H3,(H,18,20)(H,19,21)/t12-,13+,14-,15-/m0/s1. The quantitative estimate of drug-likeness (QED) is 0.788. The summed E-state index contributed by atoms with van der Waals surface area (Å²) in [6.07, 6.45) is 6.26. The largest absolute Gasteiger partial charge is 0.376 e. The molecule has 0 aromatic rings. The SMILES string of the molecule is C[C@H]1[C@@H](NC(=O)CCC(=O)NC[C@@H]2CCCO2)CCC[C@@H]1C. The second kappa shape index (κ2) is 8.51. The van der Waals surface area contributed by atoms with Gasteiger partial charge in [0.25, 0.3) is 0 Å². The molecule has 5 nitrogen and oxygen atoms in total. The van der Waals surface area contributed by atoms with Crippen molar-refractivity contribution in [3.05, 3.63) is 0 Å². The highest BCUT2D eigenvalue weighted by atomic mass is 16.5. The Hall–Kier alpha value is -1.10. The molecule has 0 unspecified atom stereocenters. The molecule has 22 heavy (non-hydrogen) atoms.